The third-order valence-electron chi connectivity index (χ3n) is 1.94. The molecule has 0 aromatic carbocycles. The zero-order chi connectivity index (χ0) is 10.7. The molecule has 0 spiro atoms. The summed E-state index contributed by atoms with van der Waals surface area (Å²) in [5.74, 6) is 1.57. The maximum absolute atomic E-state index is 10.7. The SMILES string of the molecule is CC(=O)NCc1ccc(-c2cccs2)o1. The van der Waals surface area contributed by atoms with E-state index in [0.29, 0.717) is 6.54 Å². The van der Waals surface area contributed by atoms with E-state index in [9.17, 15) is 4.79 Å². The molecule has 2 aromatic heterocycles. The van der Waals surface area contributed by atoms with Gasteiger partial charge in [-0.1, -0.05) is 6.07 Å². The predicted octanol–water partition coefficient (Wildman–Crippen LogP) is 2.64. The first-order valence-electron chi connectivity index (χ1n) is 4.63. The number of carbonyl (C=O) groups excluding carboxylic acids is 1. The predicted molar refractivity (Wildman–Crippen MR) is 59.5 cm³/mol. The molecule has 2 rings (SSSR count). The van der Waals surface area contributed by atoms with Gasteiger partial charge < -0.3 is 9.73 Å². The second-order valence-corrected chi connectivity index (χ2v) is 4.10. The number of nitrogens with one attached hydrogen (secondary N) is 1. The summed E-state index contributed by atoms with van der Waals surface area (Å²) in [6.07, 6.45) is 0. The van der Waals surface area contributed by atoms with E-state index in [1.54, 1.807) is 11.3 Å². The lowest BCUT2D eigenvalue weighted by Gasteiger charge is -1.97. The van der Waals surface area contributed by atoms with Crippen LogP contribution in [0.5, 0.6) is 0 Å². The standard InChI is InChI=1S/C11H11NO2S/c1-8(13)12-7-9-4-5-10(14-9)11-3-2-6-15-11/h2-6H,7H2,1H3,(H,12,13). The first kappa shape index (κ1) is 9.98. The van der Waals surface area contributed by atoms with Crippen molar-refractivity contribution in [3.05, 3.63) is 35.4 Å². The lowest BCUT2D eigenvalue weighted by molar-refractivity contribution is -0.119. The molecule has 3 nitrogen and oxygen atoms in total. The van der Waals surface area contributed by atoms with E-state index in [1.165, 1.54) is 6.92 Å². The molecule has 0 unspecified atom stereocenters. The van der Waals surface area contributed by atoms with E-state index in [-0.39, 0.29) is 5.91 Å². The summed E-state index contributed by atoms with van der Waals surface area (Å²) in [5.41, 5.74) is 0. The van der Waals surface area contributed by atoms with Crippen LogP contribution in [0.3, 0.4) is 0 Å². The van der Waals surface area contributed by atoms with Crippen molar-refractivity contribution in [3.8, 4) is 10.6 Å². The second kappa shape index (κ2) is 4.31. The van der Waals surface area contributed by atoms with Gasteiger partial charge in [0.2, 0.25) is 5.91 Å². The monoisotopic (exact) mass is 221 g/mol. The molecule has 0 saturated heterocycles. The molecule has 0 aliphatic carbocycles. The summed E-state index contributed by atoms with van der Waals surface area (Å²) >= 11 is 1.63. The van der Waals surface area contributed by atoms with Gasteiger partial charge in [-0.25, -0.2) is 0 Å². The molecule has 0 saturated carbocycles. The minimum absolute atomic E-state index is 0.0518. The van der Waals surface area contributed by atoms with Crippen molar-refractivity contribution in [1.82, 2.24) is 5.32 Å². The fourth-order valence-corrected chi connectivity index (χ4v) is 1.92. The molecule has 1 amide bonds. The molecule has 15 heavy (non-hydrogen) atoms. The molecule has 78 valence electrons. The molecule has 2 aromatic rings. The van der Waals surface area contributed by atoms with E-state index >= 15 is 0 Å². The van der Waals surface area contributed by atoms with Gasteiger partial charge in [0.05, 0.1) is 11.4 Å². The Labute approximate surface area is 91.7 Å². The Bertz CT molecular complexity index is 445. The maximum Gasteiger partial charge on any atom is 0.217 e. The molecular weight excluding hydrogens is 210 g/mol. The van der Waals surface area contributed by atoms with E-state index in [4.69, 9.17) is 4.42 Å². The van der Waals surface area contributed by atoms with Crippen LogP contribution in [0, 0.1) is 0 Å². The number of thiophene rings is 1. The van der Waals surface area contributed by atoms with E-state index in [2.05, 4.69) is 5.32 Å². The number of amides is 1. The third kappa shape index (κ3) is 2.47. The quantitative estimate of drug-likeness (QED) is 0.865. The van der Waals surface area contributed by atoms with Crippen LogP contribution in [0.25, 0.3) is 10.6 Å². The highest BCUT2D eigenvalue weighted by molar-refractivity contribution is 7.13. The Morgan fingerprint density at radius 3 is 3.00 bits per heavy atom. The molecule has 2 heterocycles. The molecule has 0 atom stereocenters. The Morgan fingerprint density at radius 1 is 1.47 bits per heavy atom. The van der Waals surface area contributed by atoms with Crippen molar-refractivity contribution in [2.45, 2.75) is 13.5 Å². The Balaban J connectivity index is 2.08. The van der Waals surface area contributed by atoms with Crippen LogP contribution in [-0.4, -0.2) is 5.91 Å². The van der Waals surface area contributed by atoms with Crippen LogP contribution in [-0.2, 0) is 11.3 Å². The minimum atomic E-state index is -0.0518. The van der Waals surface area contributed by atoms with Crippen LogP contribution >= 0.6 is 11.3 Å². The van der Waals surface area contributed by atoms with E-state index in [1.807, 2.05) is 29.6 Å². The largest absolute Gasteiger partial charge is 0.458 e. The smallest absolute Gasteiger partial charge is 0.217 e. The van der Waals surface area contributed by atoms with Crippen molar-refractivity contribution in [3.63, 3.8) is 0 Å². The lowest BCUT2D eigenvalue weighted by atomic mass is 10.3. The fourth-order valence-electron chi connectivity index (χ4n) is 1.24. The van der Waals surface area contributed by atoms with Gasteiger partial charge in [-0.15, -0.1) is 11.3 Å². The van der Waals surface area contributed by atoms with Crippen LogP contribution in [0.15, 0.2) is 34.1 Å². The van der Waals surface area contributed by atoms with Gasteiger partial charge in [-0.2, -0.15) is 0 Å². The summed E-state index contributed by atoms with van der Waals surface area (Å²) in [6.45, 7) is 1.93. The minimum Gasteiger partial charge on any atom is -0.458 e. The van der Waals surface area contributed by atoms with Crippen molar-refractivity contribution in [2.24, 2.45) is 0 Å². The van der Waals surface area contributed by atoms with Gasteiger partial charge in [-0.3, -0.25) is 4.79 Å². The fraction of sp³-hybridized carbons (Fsp3) is 0.182. The average Bonchev–Trinajstić information content (AvgIpc) is 2.85. The topological polar surface area (TPSA) is 42.2 Å². The highest BCUT2D eigenvalue weighted by Crippen LogP contribution is 2.26. The molecule has 0 fully saturated rings. The highest BCUT2D eigenvalue weighted by atomic mass is 32.1. The Morgan fingerprint density at radius 2 is 2.33 bits per heavy atom. The van der Waals surface area contributed by atoms with Crippen molar-refractivity contribution in [1.29, 1.82) is 0 Å². The van der Waals surface area contributed by atoms with E-state index in [0.717, 1.165) is 16.4 Å². The molecule has 0 radical (unpaired) electrons. The number of rotatable bonds is 3. The molecular formula is C11H11NO2S. The zero-order valence-electron chi connectivity index (χ0n) is 8.32. The first-order chi connectivity index (χ1) is 7.25. The highest BCUT2D eigenvalue weighted by Gasteiger charge is 2.05. The van der Waals surface area contributed by atoms with Gasteiger partial charge in [-0.05, 0) is 23.6 Å². The van der Waals surface area contributed by atoms with Gasteiger partial charge in [0.1, 0.15) is 11.5 Å². The second-order valence-electron chi connectivity index (χ2n) is 3.15. The van der Waals surface area contributed by atoms with Gasteiger partial charge in [0.15, 0.2) is 0 Å². The summed E-state index contributed by atoms with van der Waals surface area (Å²) < 4.78 is 5.57. The van der Waals surface area contributed by atoms with Gasteiger partial charge in [0.25, 0.3) is 0 Å². The first-order valence-corrected chi connectivity index (χ1v) is 5.50. The lowest BCUT2D eigenvalue weighted by Crippen LogP contribution is -2.18. The molecule has 0 bridgehead atoms. The van der Waals surface area contributed by atoms with Crippen molar-refractivity contribution >= 4 is 17.2 Å². The van der Waals surface area contributed by atoms with Crippen LogP contribution < -0.4 is 5.32 Å². The number of carbonyl (C=O) groups is 1. The Kier molecular flexibility index (Phi) is 2.87. The van der Waals surface area contributed by atoms with Crippen molar-refractivity contribution < 1.29 is 9.21 Å². The van der Waals surface area contributed by atoms with Gasteiger partial charge in [0, 0.05) is 6.92 Å². The summed E-state index contributed by atoms with van der Waals surface area (Å²) in [4.78, 5) is 11.8. The molecule has 0 aliphatic heterocycles. The molecule has 0 aliphatic rings. The third-order valence-corrected chi connectivity index (χ3v) is 2.82. The Hall–Kier alpha value is -1.55. The maximum atomic E-state index is 10.7. The van der Waals surface area contributed by atoms with Crippen molar-refractivity contribution in [2.75, 3.05) is 0 Å². The summed E-state index contributed by atoms with van der Waals surface area (Å²) in [6, 6.07) is 7.79. The average molecular weight is 221 g/mol. The zero-order valence-corrected chi connectivity index (χ0v) is 9.14. The van der Waals surface area contributed by atoms with Crippen LogP contribution in [0.4, 0.5) is 0 Å². The van der Waals surface area contributed by atoms with Crippen LogP contribution in [0.2, 0.25) is 0 Å². The van der Waals surface area contributed by atoms with E-state index < -0.39 is 0 Å². The van der Waals surface area contributed by atoms with Gasteiger partial charge >= 0.3 is 0 Å². The number of hydrogen-bond acceptors (Lipinski definition) is 3. The molecule has 1 N–H and O–H groups in total. The molecule has 4 heteroatoms. The number of hydrogen-bond donors (Lipinski definition) is 1. The summed E-state index contributed by atoms with van der Waals surface area (Å²) in [7, 11) is 0. The van der Waals surface area contributed by atoms with Crippen LogP contribution in [0.1, 0.15) is 12.7 Å². The number of furan rings is 1. The normalized spacial score (nSPS) is 10.2. The summed E-state index contributed by atoms with van der Waals surface area (Å²) in [5, 5.41) is 4.70.